The van der Waals surface area contributed by atoms with E-state index in [2.05, 4.69) is 10.2 Å². The van der Waals surface area contributed by atoms with Crippen molar-refractivity contribution in [2.75, 3.05) is 19.6 Å². The maximum Gasteiger partial charge on any atom is 0.251 e. The lowest BCUT2D eigenvalue weighted by molar-refractivity contribution is 0.0677. The van der Waals surface area contributed by atoms with E-state index in [-0.39, 0.29) is 18.2 Å². The molecule has 1 N–H and O–H groups in total. The van der Waals surface area contributed by atoms with E-state index in [1.54, 1.807) is 12.1 Å². The minimum atomic E-state index is -0.278. The van der Waals surface area contributed by atoms with Crippen LogP contribution in [0.4, 0.5) is 0 Å². The number of piperidine rings is 1. The molecular formula is C16H20N2O3. The average Bonchev–Trinajstić information content (AvgIpc) is 2.99. The van der Waals surface area contributed by atoms with Crippen molar-refractivity contribution in [2.24, 2.45) is 5.92 Å². The first-order valence-corrected chi connectivity index (χ1v) is 7.68. The van der Waals surface area contributed by atoms with E-state index in [1.165, 1.54) is 19.5 Å². The van der Waals surface area contributed by atoms with Gasteiger partial charge >= 0.3 is 0 Å². The number of hydrogen-bond acceptors (Lipinski definition) is 4. The highest BCUT2D eigenvalue weighted by atomic mass is 16.7. The molecule has 21 heavy (non-hydrogen) atoms. The number of fused-ring (bicyclic) bond motifs is 3. The van der Waals surface area contributed by atoms with Crippen molar-refractivity contribution in [1.29, 1.82) is 0 Å². The van der Waals surface area contributed by atoms with Gasteiger partial charge in [-0.1, -0.05) is 0 Å². The summed E-state index contributed by atoms with van der Waals surface area (Å²) in [7, 11) is 0. The highest BCUT2D eigenvalue weighted by molar-refractivity contribution is 5.95. The van der Waals surface area contributed by atoms with Gasteiger partial charge in [0.25, 0.3) is 5.91 Å². The van der Waals surface area contributed by atoms with Gasteiger partial charge in [0.1, 0.15) is 0 Å². The number of nitrogens with zero attached hydrogens (tertiary/aromatic N) is 1. The maximum absolute atomic E-state index is 12.4. The minimum absolute atomic E-state index is 0.0200. The Balaban J connectivity index is 1.45. The van der Waals surface area contributed by atoms with Crippen LogP contribution in [0, 0.1) is 5.92 Å². The van der Waals surface area contributed by atoms with Crippen molar-refractivity contribution in [2.45, 2.75) is 32.1 Å². The zero-order valence-corrected chi connectivity index (χ0v) is 12.2. The lowest BCUT2D eigenvalue weighted by Gasteiger charge is -2.30. The van der Waals surface area contributed by atoms with Gasteiger partial charge in [-0.25, -0.2) is 0 Å². The second kappa shape index (κ2) is 4.91. The van der Waals surface area contributed by atoms with E-state index in [9.17, 15) is 4.79 Å². The normalized spacial score (nSPS) is 33.0. The van der Waals surface area contributed by atoms with Gasteiger partial charge in [0, 0.05) is 31.6 Å². The number of nitrogens with one attached hydrogen (secondary N) is 1. The van der Waals surface area contributed by atoms with Gasteiger partial charge in [0.05, 0.1) is 0 Å². The first-order chi connectivity index (χ1) is 10.2. The van der Waals surface area contributed by atoms with Crippen LogP contribution in [0.3, 0.4) is 0 Å². The smallest absolute Gasteiger partial charge is 0.251 e. The van der Waals surface area contributed by atoms with Crippen LogP contribution in [0.1, 0.15) is 30.1 Å². The molecule has 0 spiro atoms. The Morgan fingerprint density at radius 1 is 1.29 bits per heavy atom. The summed E-state index contributed by atoms with van der Waals surface area (Å²) in [6.45, 7) is 5.20. The van der Waals surface area contributed by atoms with Crippen molar-refractivity contribution >= 4 is 5.91 Å². The Morgan fingerprint density at radius 3 is 3.00 bits per heavy atom. The summed E-state index contributed by atoms with van der Waals surface area (Å²) in [5.74, 6) is 2.10. The molecule has 5 heteroatoms. The highest BCUT2D eigenvalue weighted by Crippen LogP contribution is 2.35. The third-order valence-electron chi connectivity index (χ3n) is 4.59. The fourth-order valence-corrected chi connectivity index (χ4v) is 3.65. The van der Waals surface area contributed by atoms with Crippen LogP contribution in [-0.2, 0) is 0 Å². The van der Waals surface area contributed by atoms with Crippen LogP contribution >= 0.6 is 0 Å². The summed E-state index contributed by atoms with van der Waals surface area (Å²) in [4.78, 5) is 14.8. The predicted molar refractivity (Wildman–Crippen MR) is 77.6 cm³/mol. The third-order valence-corrected chi connectivity index (χ3v) is 4.59. The SMILES string of the molecule is CC1Oc2ccc(C(=O)NC3CC4CCN(C4)C3)cc2O1. The van der Waals surface area contributed by atoms with Gasteiger partial charge in [0.15, 0.2) is 11.5 Å². The second-order valence-electron chi connectivity index (χ2n) is 6.29. The van der Waals surface area contributed by atoms with E-state index in [0.29, 0.717) is 17.1 Å². The molecule has 4 atom stereocenters. The van der Waals surface area contributed by atoms with Gasteiger partial charge in [-0.15, -0.1) is 0 Å². The van der Waals surface area contributed by atoms with Crippen molar-refractivity contribution in [3.8, 4) is 11.5 Å². The predicted octanol–water partition coefficient (Wildman–Crippen LogP) is 1.63. The summed E-state index contributed by atoms with van der Waals surface area (Å²) in [6, 6.07) is 5.64. The Kier molecular flexibility index (Phi) is 3.03. The first kappa shape index (κ1) is 13.0. The number of carbonyl (C=O) groups excluding carboxylic acids is 1. The van der Waals surface area contributed by atoms with Crippen LogP contribution in [0.15, 0.2) is 18.2 Å². The van der Waals surface area contributed by atoms with Crippen molar-refractivity contribution in [3.05, 3.63) is 23.8 Å². The van der Waals surface area contributed by atoms with Crippen molar-refractivity contribution in [1.82, 2.24) is 10.2 Å². The maximum atomic E-state index is 12.4. The molecule has 2 fully saturated rings. The fraction of sp³-hybridized carbons (Fsp3) is 0.562. The van der Waals surface area contributed by atoms with Crippen molar-refractivity contribution in [3.63, 3.8) is 0 Å². The van der Waals surface area contributed by atoms with Crippen LogP contribution < -0.4 is 14.8 Å². The molecule has 1 aromatic rings. The summed E-state index contributed by atoms with van der Waals surface area (Å²) in [5, 5.41) is 3.16. The molecule has 3 heterocycles. The number of benzene rings is 1. The molecule has 2 bridgehead atoms. The zero-order chi connectivity index (χ0) is 14.4. The molecule has 0 saturated carbocycles. The van der Waals surface area contributed by atoms with Gasteiger partial charge in [-0.05, 0) is 43.5 Å². The number of carbonyl (C=O) groups is 1. The minimum Gasteiger partial charge on any atom is -0.451 e. The van der Waals surface area contributed by atoms with Crippen LogP contribution in [-0.4, -0.2) is 42.8 Å². The summed E-state index contributed by atoms with van der Waals surface area (Å²) < 4.78 is 11.0. The Bertz CT molecular complexity index is 563. The molecule has 0 aliphatic carbocycles. The molecule has 112 valence electrons. The van der Waals surface area contributed by atoms with E-state index < -0.39 is 0 Å². The molecule has 5 nitrogen and oxygen atoms in total. The van der Waals surface area contributed by atoms with E-state index in [4.69, 9.17) is 9.47 Å². The average molecular weight is 288 g/mol. The Labute approximate surface area is 124 Å². The zero-order valence-electron chi connectivity index (χ0n) is 12.2. The molecule has 1 aromatic carbocycles. The van der Waals surface area contributed by atoms with E-state index in [0.717, 1.165) is 18.9 Å². The van der Waals surface area contributed by atoms with Crippen LogP contribution in [0.5, 0.6) is 11.5 Å². The quantitative estimate of drug-likeness (QED) is 0.898. The van der Waals surface area contributed by atoms with Crippen molar-refractivity contribution < 1.29 is 14.3 Å². The van der Waals surface area contributed by atoms with Gasteiger partial charge in [-0.2, -0.15) is 0 Å². The lowest BCUT2D eigenvalue weighted by atomic mass is 9.96. The van der Waals surface area contributed by atoms with E-state index >= 15 is 0 Å². The molecular weight excluding hydrogens is 268 g/mol. The largest absolute Gasteiger partial charge is 0.451 e. The van der Waals surface area contributed by atoms with Gasteiger partial charge in [0.2, 0.25) is 6.29 Å². The monoisotopic (exact) mass is 288 g/mol. The third kappa shape index (κ3) is 2.46. The molecule has 4 unspecified atom stereocenters. The van der Waals surface area contributed by atoms with E-state index in [1.807, 2.05) is 13.0 Å². The lowest BCUT2D eigenvalue weighted by Crippen LogP contribution is -2.47. The number of hydrogen-bond donors (Lipinski definition) is 1. The molecule has 0 radical (unpaired) electrons. The summed E-state index contributed by atoms with van der Waals surface area (Å²) in [5.41, 5.74) is 0.638. The Hall–Kier alpha value is -1.75. The molecule has 3 aliphatic heterocycles. The van der Waals surface area contributed by atoms with Gasteiger partial charge < -0.3 is 19.7 Å². The summed E-state index contributed by atoms with van der Waals surface area (Å²) >= 11 is 0. The number of amides is 1. The van der Waals surface area contributed by atoms with Crippen LogP contribution in [0.25, 0.3) is 0 Å². The molecule has 3 aliphatic rings. The van der Waals surface area contributed by atoms with Gasteiger partial charge in [-0.3, -0.25) is 4.79 Å². The standard InChI is InChI=1S/C16H20N2O3/c1-10-20-14-3-2-12(7-15(14)21-10)16(19)17-13-6-11-4-5-18(8-11)9-13/h2-3,7,10-11,13H,4-6,8-9H2,1H3,(H,17,19). The summed E-state index contributed by atoms with van der Waals surface area (Å²) in [6.07, 6.45) is 2.10. The Morgan fingerprint density at radius 2 is 2.14 bits per heavy atom. The first-order valence-electron chi connectivity index (χ1n) is 7.68. The van der Waals surface area contributed by atoms with Crippen LogP contribution in [0.2, 0.25) is 0 Å². The molecule has 4 rings (SSSR count). The molecule has 2 saturated heterocycles. The second-order valence-corrected chi connectivity index (χ2v) is 6.29. The fourth-order valence-electron chi connectivity index (χ4n) is 3.65. The molecule has 1 amide bonds. The number of rotatable bonds is 2. The molecule has 0 aromatic heterocycles. The number of ether oxygens (including phenoxy) is 2. The topological polar surface area (TPSA) is 50.8 Å². The highest BCUT2D eigenvalue weighted by Gasteiger charge is 2.33.